The first kappa shape index (κ1) is 15.3. The van der Waals surface area contributed by atoms with Crippen LogP contribution in [0.4, 0.5) is 14.6 Å². The van der Waals surface area contributed by atoms with Crippen LogP contribution in [-0.4, -0.2) is 49.6 Å². The second-order valence-electron chi connectivity index (χ2n) is 4.42. The highest BCUT2D eigenvalue weighted by molar-refractivity contribution is 9.09. The molecule has 2 heterocycles. The summed E-state index contributed by atoms with van der Waals surface area (Å²) in [5, 5.41) is 19.0. The number of halogens is 3. The summed E-state index contributed by atoms with van der Waals surface area (Å²) < 4.78 is 33.2. The lowest BCUT2D eigenvalue weighted by molar-refractivity contribution is -0.113. The van der Waals surface area contributed by atoms with Crippen molar-refractivity contribution in [2.75, 3.05) is 17.7 Å². The third-order valence-corrected chi connectivity index (χ3v) is 4.12. The lowest BCUT2D eigenvalue weighted by Crippen LogP contribution is -2.47. The molecule has 1 saturated heterocycles. The van der Waals surface area contributed by atoms with Crippen LogP contribution in [0.15, 0.2) is 11.0 Å². The minimum atomic E-state index is -2.04. The smallest absolute Gasteiger partial charge is 0.351 e. The van der Waals surface area contributed by atoms with Crippen molar-refractivity contribution >= 4 is 21.7 Å². The quantitative estimate of drug-likeness (QED) is 0.619. The molecule has 4 atom stereocenters. The van der Waals surface area contributed by atoms with Gasteiger partial charge in [-0.2, -0.15) is 4.98 Å². The van der Waals surface area contributed by atoms with Gasteiger partial charge < -0.3 is 20.7 Å². The molecule has 1 aromatic heterocycles. The molecule has 0 saturated carbocycles. The Hall–Kier alpha value is -1.10. The first-order valence-electron chi connectivity index (χ1n) is 5.57. The summed E-state index contributed by atoms with van der Waals surface area (Å²) in [6.07, 6.45) is -4.69. The summed E-state index contributed by atoms with van der Waals surface area (Å²) >= 11 is 3.00. The number of nitrogens with two attached hydrogens (primary N) is 1. The number of hydrogen-bond acceptors (Lipinski definition) is 6. The topological polar surface area (TPSA) is 111 Å². The van der Waals surface area contributed by atoms with E-state index in [9.17, 15) is 23.8 Å². The molecule has 0 radical (unpaired) electrons. The number of aliphatic hydroxyl groups excluding tert-OH is 2. The number of rotatable bonds is 3. The van der Waals surface area contributed by atoms with Crippen molar-refractivity contribution in [2.45, 2.75) is 24.1 Å². The van der Waals surface area contributed by atoms with Crippen LogP contribution in [0.5, 0.6) is 0 Å². The third-order valence-electron chi connectivity index (χ3n) is 3.17. The number of hydrogen-bond donors (Lipinski definition) is 3. The van der Waals surface area contributed by atoms with Crippen LogP contribution >= 0.6 is 15.9 Å². The van der Waals surface area contributed by atoms with Crippen molar-refractivity contribution in [1.29, 1.82) is 0 Å². The highest BCUT2D eigenvalue weighted by Crippen LogP contribution is 2.39. The van der Waals surface area contributed by atoms with Gasteiger partial charge in [0.2, 0.25) is 0 Å². The van der Waals surface area contributed by atoms with Gasteiger partial charge in [-0.05, 0) is 0 Å². The summed E-state index contributed by atoms with van der Waals surface area (Å²) in [6.45, 7) is -0.685. The van der Waals surface area contributed by atoms with Gasteiger partial charge in [-0.1, -0.05) is 15.9 Å². The van der Waals surface area contributed by atoms with E-state index in [2.05, 4.69) is 20.9 Å². The number of ether oxygens (including phenoxy) is 1. The Kier molecular flexibility index (Phi) is 4.09. The third kappa shape index (κ3) is 2.22. The van der Waals surface area contributed by atoms with Gasteiger partial charge in [0.15, 0.2) is 24.0 Å². The van der Waals surface area contributed by atoms with Crippen molar-refractivity contribution in [3.63, 3.8) is 0 Å². The highest BCUT2D eigenvalue weighted by atomic mass is 79.9. The molecule has 0 aromatic carbocycles. The van der Waals surface area contributed by atoms with Gasteiger partial charge in [-0.3, -0.25) is 4.57 Å². The number of alkyl halides is 2. The van der Waals surface area contributed by atoms with Crippen LogP contribution in [0.25, 0.3) is 0 Å². The minimum Gasteiger partial charge on any atom is -0.393 e. The lowest BCUT2D eigenvalue weighted by Gasteiger charge is -2.27. The highest BCUT2D eigenvalue weighted by Gasteiger charge is 2.55. The van der Waals surface area contributed by atoms with Gasteiger partial charge in [-0.25, -0.2) is 13.6 Å². The molecule has 112 valence electrons. The maximum atomic E-state index is 14.1. The predicted molar refractivity (Wildman–Crippen MR) is 67.5 cm³/mol. The second kappa shape index (κ2) is 5.35. The van der Waals surface area contributed by atoms with Crippen LogP contribution in [0.1, 0.15) is 6.23 Å². The zero-order chi connectivity index (χ0) is 15.1. The average molecular weight is 356 g/mol. The van der Waals surface area contributed by atoms with Gasteiger partial charge >= 0.3 is 5.69 Å². The van der Waals surface area contributed by atoms with E-state index < -0.39 is 48.0 Å². The summed E-state index contributed by atoms with van der Waals surface area (Å²) in [4.78, 5) is 14.8. The molecule has 1 fully saturated rings. The average Bonchev–Trinajstić information content (AvgIpc) is 2.68. The van der Waals surface area contributed by atoms with E-state index >= 15 is 0 Å². The van der Waals surface area contributed by atoms with E-state index in [0.717, 1.165) is 0 Å². The fourth-order valence-corrected chi connectivity index (χ4v) is 2.60. The molecular weight excluding hydrogens is 344 g/mol. The zero-order valence-corrected chi connectivity index (χ0v) is 11.6. The minimum absolute atomic E-state index is 0.0752. The van der Waals surface area contributed by atoms with Gasteiger partial charge in [0.05, 0.1) is 12.8 Å². The molecule has 1 aliphatic heterocycles. The Balaban J connectivity index is 2.45. The number of aliphatic hydroxyl groups is 2. The molecule has 1 aliphatic rings. The van der Waals surface area contributed by atoms with E-state index in [4.69, 9.17) is 10.5 Å². The summed E-state index contributed by atoms with van der Waals surface area (Å²) in [5.41, 5.74) is 2.48. The summed E-state index contributed by atoms with van der Waals surface area (Å²) in [7, 11) is 0. The van der Waals surface area contributed by atoms with Gasteiger partial charge in [0.25, 0.3) is 0 Å². The van der Waals surface area contributed by atoms with Gasteiger partial charge in [0, 0.05) is 5.33 Å². The zero-order valence-electron chi connectivity index (χ0n) is 10.0. The first-order chi connectivity index (χ1) is 9.36. The Bertz CT molecular complexity index is 566. The van der Waals surface area contributed by atoms with Crippen molar-refractivity contribution in [2.24, 2.45) is 0 Å². The van der Waals surface area contributed by atoms with E-state index in [0.29, 0.717) is 10.8 Å². The van der Waals surface area contributed by atoms with Crippen LogP contribution in [0.3, 0.4) is 0 Å². The Labute approximate surface area is 120 Å². The Morgan fingerprint density at radius 2 is 2.30 bits per heavy atom. The fourth-order valence-electron chi connectivity index (χ4n) is 1.96. The molecule has 0 spiro atoms. The summed E-state index contributed by atoms with van der Waals surface area (Å²) in [5.74, 6) is -1.63. The van der Waals surface area contributed by atoms with Crippen molar-refractivity contribution < 1.29 is 23.7 Å². The van der Waals surface area contributed by atoms with Crippen molar-refractivity contribution in [3.05, 3.63) is 22.5 Å². The lowest BCUT2D eigenvalue weighted by atomic mass is 9.99. The number of anilines is 1. The maximum Gasteiger partial charge on any atom is 0.351 e. The second-order valence-corrected chi connectivity index (χ2v) is 4.98. The molecule has 4 N–H and O–H groups in total. The summed E-state index contributed by atoms with van der Waals surface area (Å²) in [6, 6.07) is 0. The van der Waals surface area contributed by atoms with Gasteiger partial charge in [0.1, 0.15) is 11.7 Å². The fraction of sp³-hybridized carbons (Fsp3) is 0.600. The molecule has 0 bridgehead atoms. The van der Waals surface area contributed by atoms with Crippen LogP contribution in [-0.2, 0) is 4.74 Å². The van der Waals surface area contributed by atoms with Crippen LogP contribution in [0.2, 0.25) is 0 Å². The molecule has 20 heavy (non-hydrogen) atoms. The number of nitrogens with zero attached hydrogens (tertiary/aromatic N) is 2. The van der Waals surface area contributed by atoms with E-state index in [1.165, 1.54) is 0 Å². The maximum absolute atomic E-state index is 14.1. The van der Waals surface area contributed by atoms with Crippen LogP contribution < -0.4 is 11.4 Å². The first-order valence-corrected chi connectivity index (χ1v) is 6.69. The van der Waals surface area contributed by atoms with E-state index in [-0.39, 0.29) is 5.33 Å². The normalized spacial score (nSPS) is 33.5. The largest absolute Gasteiger partial charge is 0.393 e. The molecule has 0 aliphatic carbocycles. The molecule has 1 unspecified atom stereocenters. The SMILES string of the molecule is Nc1nc(=O)n([C@@H]2OC(CO)(CBr)[C@@H](O)[C@@H]2F)cc1F. The Morgan fingerprint density at radius 3 is 2.80 bits per heavy atom. The van der Waals surface area contributed by atoms with Gasteiger partial charge in [-0.15, -0.1) is 0 Å². The predicted octanol–water partition coefficient (Wildman–Crippen LogP) is -0.682. The van der Waals surface area contributed by atoms with Crippen molar-refractivity contribution in [1.82, 2.24) is 9.55 Å². The molecule has 7 nitrogen and oxygen atoms in total. The Morgan fingerprint density at radius 1 is 1.65 bits per heavy atom. The molecule has 2 rings (SSSR count). The number of nitrogen functional groups attached to an aromatic ring is 1. The monoisotopic (exact) mass is 355 g/mol. The molecule has 0 amide bonds. The molecule has 10 heteroatoms. The standard InChI is InChI=1S/C10H12BrF2N3O4/c11-2-10(3-17)6(18)5(13)8(20-10)16-1-4(12)7(14)15-9(16)19/h1,5-6,8,17-18H,2-3H2,(H2,14,15,19)/t5-,6-,8+,10?/m0/s1. The van der Waals surface area contributed by atoms with Crippen LogP contribution in [0, 0.1) is 5.82 Å². The molecular formula is C10H12BrF2N3O4. The van der Waals surface area contributed by atoms with E-state index in [1.54, 1.807) is 0 Å². The van der Waals surface area contributed by atoms with E-state index in [1.807, 2.05) is 0 Å². The molecule has 1 aromatic rings. The number of aromatic nitrogens is 2. The van der Waals surface area contributed by atoms with Crippen molar-refractivity contribution in [3.8, 4) is 0 Å².